The number of nitrogens with one attached hydrogen (secondary N) is 3. The summed E-state index contributed by atoms with van der Waals surface area (Å²) in [6, 6.07) is 14.0. The average Bonchev–Trinajstić information content (AvgIpc) is 3.81. The van der Waals surface area contributed by atoms with E-state index in [1.165, 1.54) is 48.1 Å². The van der Waals surface area contributed by atoms with Crippen molar-refractivity contribution in [1.29, 1.82) is 5.26 Å². The Morgan fingerprint density at radius 3 is 2.30 bits per heavy atom. The van der Waals surface area contributed by atoms with Crippen LogP contribution in [0, 0.1) is 17.1 Å². The van der Waals surface area contributed by atoms with E-state index in [0.29, 0.717) is 23.8 Å². The summed E-state index contributed by atoms with van der Waals surface area (Å²) in [6.45, 7) is 3.38. The first kappa shape index (κ1) is 24.2. The summed E-state index contributed by atoms with van der Waals surface area (Å²) in [6.07, 6.45) is 12.2. The lowest BCUT2D eigenvalue weighted by Gasteiger charge is -2.22. The van der Waals surface area contributed by atoms with Gasteiger partial charge in [-0.1, -0.05) is 49.6 Å². The summed E-state index contributed by atoms with van der Waals surface area (Å²) >= 11 is 0. The Morgan fingerprint density at radius 1 is 0.825 bits per heavy atom. The molecule has 4 aliphatic rings. The fourth-order valence-corrected chi connectivity index (χ4v) is 8.31. The van der Waals surface area contributed by atoms with Gasteiger partial charge in [0.1, 0.15) is 11.6 Å². The van der Waals surface area contributed by atoms with Crippen molar-refractivity contribution in [2.45, 2.75) is 75.5 Å². The molecule has 8 rings (SSSR count). The van der Waals surface area contributed by atoms with Crippen molar-refractivity contribution in [3.63, 3.8) is 0 Å². The molecule has 4 heterocycles. The molecular formula is C33H35BN6. The predicted molar refractivity (Wildman–Crippen MR) is 159 cm³/mol. The van der Waals surface area contributed by atoms with Gasteiger partial charge in [0, 0.05) is 17.3 Å². The lowest BCUT2D eigenvalue weighted by atomic mass is 9.43. The summed E-state index contributed by atoms with van der Waals surface area (Å²) in [5, 5.41) is 13.2. The third-order valence-electron chi connectivity index (χ3n) is 10.2. The topological polar surface area (TPSA) is 93.2 Å². The molecule has 200 valence electrons. The number of rotatable bonds is 5. The molecule has 7 heteroatoms. The van der Waals surface area contributed by atoms with Crippen LogP contribution in [-0.2, 0) is 0 Å². The van der Waals surface area contributed by atoms with Gasteiger partial charge >= 0.3 is 0 Å². The summed E-state index contributed by atoms with van der Waals surface area (Å²) < 4.78 is 0. The maximum Gasteiger partial charge on any atom is 0.278 e. The minimum absolute atomic E-state index is 0.0597. The van der Waals surface area contributed by atoms with Crippen molar-refractivity contribution in [3.05, 3.63) is 71.6 Å². The predicted octanol–water partition coefficient (Wildman–Crippen LogP) is 7.14. The monoisotopic (exact) mass is 526 g/mol. The van der Waals surface area contributed by atoms with Gasteiger partial charge in [-0.25, -0.2) is 15.2 Å². The number of hydrogen-bond donors (Lipinski definition) is 3. The van der Waals surface area contributed by atoms with Crippen molar-refractivity contribution in [3.8, 4) is 39.6 Å². The van der Waals surface area contributed by atoms with Gasteiger partial charge in [0.2, 0.25) is 0 Å². The maximum absolute atomic E-state index is 9.61. The summed E-state index contributed by atoms with van der Waals surface area (Å²) in [4.78, 5) is 16.7. The summed E-state index contributed by atoms with van der Waals surface area (Å²) in [5.41, 5.74) is 10.5. The van der Waals surface area contributed by atoms with Gasteiger partial charge in [0.05, 0.1) is 29.8 Å². The number of aromatic amines is 2. The molecule has 6 nitrogen and oxygen atoms in total. The first-order valence-corrected chi connectivity index (χ1v) is 15.2. The van der Waals surface area contributed by atoms with E-state index < -0.39 is 0 Å². The second kappa shape index (κ2) is 9.49. The van der Waals surface area contributed by atoms with E-state index in [4.69, 9.17) is 9.97 Å². The standard InChI is InChI=1S/C33H35BN6/c1-19-13-26(34(15-19)18-35)32-37-16-28(39-32)21-6-4-20(5-7-21)24-10-11-25(31-23-9-8-22(14-23)30(24)31)29-17-38-33(40-29)27-3-2-12-36-27/h4-7,10-11,16-17,19,22-23,26-27,36H,2-3,8-9,12-15H2,1H3,(H,37,39)(H,38,40)/t19?,22?,23?,26-,27?/m0/s1. The fourth-order valence-electron chi connectivity index (χ4n) is 8.31. The molecule has 5 atom stereocenters. The molecule has 2 bridgehead atoms. The molecule has 1 saturated carbocycles. The van der Waals surface area contributed by atoms with Crippen LogP contribution in [0.5, 0.6) is 0 Å². The van der Waals surface area contributed by atoms with Crippen LogP contribution in [0.2, 0.25) is 6.32 Å². The Kier molecular flexibility index (Phi) is 5.74. The Labute approximate surface area is 236 Å². The first-order chi connectivity index (χ1) is 19.7. The highest BCUT2D eigenvalue weighted by Gasteiger charge is 2.41. The second-order valence-electron chi connectivity index (χ2n) is 12.7. The largest absolute Gasteiger partial charge is 0.342 e. The van der Waals surface area contributed by atoms with Crippen LogP contribution in [0.25, 0.3) is 33.6 Å². The van der Waals surface area contributed by atoms with Crippen molar-refractivity contribution in [2.24, 2.45) is 5.92 Å². The van der Waals surface area contributed by atoms with E-state index in [1.807, 2.05) is 6.20 Å². The SMILES string of the molecule is CC1CB(C#N)[C@H](c2ncc(-c3ccc(-c4ccc(-c5cnc(C6CCCN6)[nH]5)c5c4C4CCC5C4)cc3)[nH]2)C1. The van der Waals surface area contributed by atoms with E-state index in [0.717, 1.165) is 48.6 Å². The minimum atomic E-state index is 0.0597. The van der Waals surface area contributed by atoms with E-state index in [9.17, 15) is 5.26 Å². The third kappa shape index (κ3) is 3.88. The van der Waals surface area contributed by atoms with Crippen LogP contribution >= 0.6 is 0 Å². The van der Waals surface area contributed by atoms with E-state index >= 15 is 0 Å². The van der Waals surface area contributed by atoms with Gasteiger partial charge in [-0.15, -0.1) is 0 Å². The molecule has 2 aromatic carbocycles. The quantitative estimate of drug-likeness (QED) is 0.241. The maximum atomic E-state index is 9.61. The molecule has 2 aromatic heterocycles. The van der Waals surface area contributed by atoms with Crippen LogP contribution in [0.3, 0.4) is 0 Å². The third-order valence-corrected chi connectivity index (χ3v) is 10.2. The van der Waals surface area contributed by atoms with Gasteiger partial charge in [0.15, 0.2) is 0 Å². The number of H-pyrrole nitrogens is 2. The van der Waals surface area contributed by atoms with Crippen LogP contribution < -0.4 is 5.32 Å². The molecule has 2 aliphatic heterocycles. The number of benzene rings is 2. The molecule has 2 saturated heterocycles. The molecule has 3 N–H and O–H groups in total. The van der Waals surface area contributed by atoms with Gasteiger partial charge in [-0.3, -0.25) is 0 Å². The minimum Gasteiger partial charge on any atom is -0.342 e. The zero-order chi connectivity index (χ0) is 26.8. The number of nitrogens with zero attached hydrogens (tertiary/aromatic N) is 3. The lowest BCUT2D eigenvalue weighted by Crippen LogP contribution is -2.16. The molecule has 0 amide bonds. The normalized spacial score (nSPS) is 26.9. The zero-order valence-electron chi connectivity index (χ0n) is 23.1. The number of hydrogen-bond acceptors (Lipinski definition) is 4. The lowest BCUT2D eigenvalue weighted by molar-refractivity contribution is 0.605. The zero-order valence-corrected chi connectivity index (χ0v) is 23.1. The van der Waals surface area contributed by atoms with Gasteiger partial charge in [0.25, 0.3) is 6.71 Å². The number of nitriles is 1. The van der Waals surface area contributed by atoms with Crippen LogP contribution in [0.15, 0.2) is 48.8 Å². The molecular weight excluding hydrogens is 491 g/mol. The summed E-state index contributed by atoms with van der Waals surface area (Å²) in [5.74, 6) is 6.65. The van der Waals surface area contributed by atoms with Gasteiger partial charge in [-0.2, -0.15) is 0 Å². The number of aromatic nitrogens is 4. The second-order valence-corrected chi connectivity index (χ2v) is 12.7. The van der Waals surface area contributed by atoms with Gasteiger partial charge in [-0.05, 0) is 90.6 Å². The molecule has 0 spiro atoms. The van der Waals surface area contributed by atoms with Crippen LogP contribution in [0.4, 0.5) is 0 Å². The van der Waals surface area contributed by atoms with E-state index in [-0.39, 0.29) is 12.5 Å². The van der Waals surface area contributed by atoms with E-state index in [1.54, 1.807) is 11.1 Å². The highest BCUT2D eigenvalue weighted by Crippen LogP contribution is 2.58. The first-order valence-electron chi connectivity index (χ1n) is 15.2. The molecule has 40 heavy (non-hydrogen) atoms. The smallest absolute Gasteiger partial charge is 0.278 e. The Balaban J connectivity index is 1.10. The fraction of sp³-hybridized carbons (Fsp3) is 0.424. The van der Waals surface area contributed by atoms with Crippen molar-refractivity contribution in [2.75, 3.05) is 6.54 Å². The van der Waals surface area contributed by atoms with Crippen LogP contribution in [-0.4, -0.2) is 33.2 Å². The highest BCUT2D eigenvalue weighted by atomic mass is 15.0. The molecule has 3 fully saturated rings. The summed E-state index contributed by atoms with van der Waals surface area (Å²) in [7, 11) is 0. The Hall–Kier alpha value is -3.63. The molecule has 4 aromatic rings. The van der Waals surface area contributed by atoms with Crippen molar-refractivity contribution < 1.29 is 0 Å². The molecule has 4 unspecified atom stereocenters. The van der Waals surface area contributed by atoms with Crippen molar-refractivity contribution >= 4 is 6.71 Å². The molecule has 0 radical (unpaired) electrons. The Morgan fingerprint density at radius 2 is 1.52 bits per heavy atom. The Bertz CT molecular complexity index is 1600. The van der Waals surface area contributed by atoms with E-state index in [2.05, 4.69) is 70.8 Å². The molecule has 2 aliphatic carbocycles. The van der Waals surface area contributed by atoms with Gasteiger partial charge < -0.3 is 15.3 Å². The average molecular weight is 526 g/mol. The number of imidazole rings is 2. The van der Waals surface area contributed by atoms with Crippen LogP contribution in [0.1, 0.15) is 91.9 Å². The number of fused-ring (bicyclic) bond motifs is 5. The van der Waals surface area contributed by atoms with Crippen molar-refractivity contribution in [1.82, 2.24) is 25.3 Å². The highest BCUT2D eigenvalue weighted by molar-refractivity contribution is 6.69.